The molecular weight excluding hydrogens is 454 g/mol. The SMILES string of the molecule is COc1ccc2c(c1)-c1c(c(-c3ccc(-c4ccc(O)cc4)cc3)nn1C(=O)N1CCC(O)CC1)C2. The summed E-state index contributed by atoms with van der Waals surface area (Å²) in [7, 11) is 1.64. The first-order valence-electron chi connectivity index (χ1n) is 12.2. The Morgan fingerprint density at radius 1 is 0.944 bits per heavy atom. The standard InChI is InChI=1S/C29H27N3O4/c1-36-24-11-8-21-16-26-27(20-4-2-18(3-5-20)19-6-9-22(33)10-7-19)30-32(28(26)25(21)17-24)29(35)31-14-12-23(34)13-15-31/h2-11,17,23,33-34H,12-16H2,1H3. The molecule has 0 unspecified atom stereocenters. The van der Waals surface area contributed by atoms with Gasteiger partial charge in [0.2, 0.25) is 0 Å². The Kier molecular flexibility index (Phi) is 5.49. The largest absolute Gasteiger partial charge is 0.508 e. The molecule has 1 amide bonds. The molecule has 1 aromatic heterocycles. The number of carbonyl (C=O) groups excluding carboxylic acids is 1. The number of phenols is 1. The van der Waals surface area contributed by atoms with Crippen LogP contribution in [0.15, 0.2) is 66.7 Å². The topological polar surface area (TPSA) is 87.8 Å². The summed E-state index contributed by atoms with van der Waals surface area (Å²) in [6.45, 7) is 1.02. The smallest absolute Gasteiger partial charge is 0.345 e. The summed E-state index contributed by atoms with van der Waals surface area (Å²) in [6, 6.07) is 21.1. The van der Waals surface area contributed by atoms with Crippen LogP contribution in [0.4, 0.5) is 4.79 Å². The van der Waals surface area contributed by atoms with Gasteiger partial charge in [-0.15, -0.1) is 0 Å². The highest BCUT2D eigenvalue weighted by atomic mass is 16.5. The lowest BCUT2D eigenvalue weighted by Crippen LogP contribution is -2.42. The summed E-state index contributed by atoms with van der Waals surface area (Å²) in [4.78, 5) is 15.4. The van der Waals surface area contributed by atoms with E-state index >= 15 is 0 Å². The maximum Gasteiger partial charge on any atom is 0.345 e. The molecule has 2 N–H and O–H groups in total. The first-order valence-corrected chi connectivity index (χ1v) is 12.2. The molecule has 6 rings (SSSR count). The fraction of sp³-hybridized carbons (Fsp3) is 0.241. The first-order chi connectivity index (χ1) is 17.5. The Morgan fingerprint density at radius 3 is 2.25 bits per heavy atom. The van der Waals surface area contributed by atoms with Gasteiger partial charge in [0.05, 0.1) is 24.6 Å². The number of piperidine rings is 1. The number of amides is 1. The van der Waals surface area contributed by atoms with Crippen molar-refractivity contribution in [3.05, 3.63) is 77.9 Å². The number of nitrogens with zero attached hydrogens (tertiary/aromatic N) is 3. The predicted molar refractivity (Wildman–Crippen MR) is 137 cm³/mol. The summed E-state index contributed by atoms with van der Waals surface area (Å²) < 4.78 is 7.01. The van der Waals surface area contributed by atoms with Crippen molar-refractivity contribution in [2.45, 2.75) is 25.4 Å². The van der Waals surface area contributed by atoms with Crippen molar-refractivity contribution in [2.24, 2.45) is 0 Å². The van der Waals surface area contributed by atoms with Gasteiger partial charge in [-0.2, -0.15) is 9.78 Å². The van der Waals surface area contributed by atoms with Gasteiger partial charge < -0.3 is 19.8 Å². The van der Waals surface area contributed by atoms with Crippen LogP contribution in [0.2, 0.25) is 0 Å². The van der Waals surface area contributed by atoms with Crippen molar-refractivity contribution >= 4 is 6.03 Å². The average Bonchev–Trinajstić information content (AvgIpc) is 3.46. The molecule has 3 aromatic carbocycles. The number of aromatic hydroxyl groups is 1. The van der Waals surface area contributed by atoms with E-state index in [4.69, 9.17) is 9.84 Å². The minimum Gasteiger partial charge on any atom is -0.508 e. The molecule has 1 fully saturated rings. The van der Waals surface area contributed by atoms with Crippen molar-refractivity contribution in [1.29, 1.82) is 0 Å². The van der Waals surface area contributed by atoms with E-state index in [1.165, 1.54) is 0 Å². The van der Waals surface area contributed by atoms with E-state index in [2.05, 4.69) is 6.07 Å². The highest BCUT2D eigenvalue weighted by molar-refractivity contribution is 5.90. The lowest BCUT2D eigenvalue weighted by Gasteiger charge is -2.29. The number of rotatable bonds is 3. The Balaban J connectivity index is 1.42. The van der Waals surface area contributed by atoms with Gasteiger partial charge in [0, 0.05) is 36.2 Å². The van der Waals surface area contributed by atoms with Crippen molar-refractivity contribution < 1.29 is 19.7 Å². The number of hydrogen-bond donors (Lipinski definition) is 2. The number of benzene rings is 3. The zero-order chi connectivity index (χ0) is 24.8. The molecule has 0 saturated carbocycles. The van der Waals surface area contributed by atoms with Gasteiger partial charge in [-0.1, -0.05) is 42.5 Å². The third-order valence-electron chi connectivity index (χ3n) is 7.20. The molecular formula is C29H27N3O4. The van der Waals surface area contributed by atoms with Crippen LogP contribution in [-0.2, 0) is 6.42 Å². The third-order valence-corrected chi connectivity index (χ3v) is 7.20. The molecule has 0 spiro atoms. The first kappa shape index (κ1) is 22.4. The molecule has 1 aliphatic carbocycles. The van der Waals surface area contributed by atoms with E-state index in [1.807, 2.05) is 48.5 Å². The Morgan fingerprint density at radius 2 is 1.58 bits per heavy atom. The maximum atomic E-state index is 13.6. The molecule has 1 aliphatic heterocycles. The Hall–Kier alpha value is -4.10. The molecule has 4 aromatic rings. The second kappa shape index (κ2) is 8.84. The lowest BCUT2D eigenvalue weighted by molar-refractivity contribution is 0.0934. The lowest BCUT2D eigenvalue weighted by atomic mass is 10.0. The summed E-state index contributed by atoms with van der Waals surface area (Å²) in [5, 5.41) is 24.3. The quantitative estimate of drug-likeness (QED) is 0.382. The number of methoxy groups -OCH3 is 1. The van der Waals surface area contributed by atoms with Gasteiger partial charge in [0.15, 0.2) is 0 Å². The van der Waals surface area contributed by atoms with E-state index in [9.17, 15) is 15.0 Å². The third kappa shape index (κ3) is 3.82. The predicted octanol–water partition coefficient (Wildman–Crippen LogP) is 4.93. The van der Waals surface area contributed by atoms with Crippen LogP contribution in [0.5, 0.6) is 11.5 Å². The van der Waals surface area contributed by atoms with E-state index in [0.717, 1.165) is 50.5 Å². The zero-order valence-electron chi connectivity index (χ0n) is 20.0. The highest BCUT2D eigenvalue weighted by Gasteiger charge is 2.33. The van der Waals surface area contributed by atoms with Crippen LogP contribution in [0.25, 0.3) is 33.6 Å². The van der Waals surface area contributed by atoms with Crippen LogP contribution in [-0.4, -0.2) is 57.2 Å². The molecule has 0 radical (unpaired) electrons. The van der Waals surface area contributed by atoms with Gasteiger partial charge in [-0.3, -0.25) is 0 Å². The summed E-state index contributed by atoms with van der Waals surface area (Å²) in [5.41, 5.74) is 7.73. The van der Waals surface area contributed by atoms with Gasteiger partial charge in [-0.05, 0) is 53.8 Å². The maximum absolute atomic E-state index is 13.6. The van der Waals surface area contributed by atoms with Gasteiger partial charge in [0.25, 0.3) is 0 Å². The molecule has 2 heterocycles. The van der Waals surface area contributed by atoms with Crippen molar-refractivity contribution in [1.82, 2.24) is 14.7 Å². The van der Waals surface area contributed by atoms with E-state index < -0.39 is 0 Å². The molecule has 36 heavy (non-hydrogen) atoms. The molecule has 0 atom stereocenters. The average molecular weight is 482 g/mol. The van der Waals surface area contributed by atoms with Gasteiger partial charge in [0.1, 0.15) is 11.5 Å². The zero-order valence-corrected chi connectivity index (χ0v) is 20.0. The second-order valence-corrected chi connectivity index (χ2v) is 9.41. The van der Waals surface area contributed by atoms with Gasteiger partial charge in [-0.25, -0.2) is 4.79 Å². The number of aliphatic hydroxyl groups excluding tert-OH is 1. The molecule has 7 heteroatoms. The van der Waals surface area contributed by atoms with Gasteiger partial charge >= 0.3 is 6.03 Å². The Labute approximate surface area is 209 Å². The highest BCUT2D eigenvalue weighted by Crippen LogP contribution is 2.43. The van der Waals surface area contributed by atoms with Crippen molar-refractivity contribution in [3.8, 4) is 45.1 Å². The number of carbonyl (C=O) groups is 1. The van der Waals surface area contributed by atoms with E-state index in [-0.39, 0.29) is 17.9 Å². The van der Waals surface area contributed by atoms with E-state index in [1.54, 1.807) is 28.8 Å². The summed E-state index contributed by atoms with van der Waals surface area (Å²) in [6.07, 6.45) is 1.48. The fourth-order valence-electron chi connectivity index (χ4n) is 5.18. The minimum absolute atomic E-state index is 0.166. The molecule has 182 valence electrons. The van der Waals surface area contributed by atoms with Crippen LogP contribution in [0, 0.1) is 0 Å². The number of likely N-dealkylation sites (tertiary alicyclic amines) is 1. The molecule has 0 bridgehead atoms. The molecule has 2 aliphatic rings. The molecule has 1 saturated heterocycles. The van der Waals surface area contributed by atoms with Crippen LogP contribution in [0.1, 0.15) is 24.0 Å². The van der Waals surface area contributed by atoms with Crippen LogP contribution in [0.3, 0.4) is 0 Å². The number of fused-ring (bicyclic) bond motifs is 3. The monoisotopic (exact) mass is 481 g/mol. The number of ether oxygens (including phenoxy) is 1. The van der Waals surface area contributed by atoms with Crippen molar-refractivity contribution in [3.63, 3.8) is 0 Å². The van der Waals surface area contributed by atoms with Crippen LogP contribution < -0.4 is 4.74 Å². The van der Waals surface area contributed by atoms with E-state index in [0.29, 0.717) is 32.4 Å². The minimum atomic E-state index is -0.356. The van der Waals surface area contributed by atoms with Crippen molar-refractivity contribution in [2.75, 3.05) is 20.2 Å². The second-order valence-electron chi connectivity index (χ2n) is 9.41. The Bertz CT molecular complexity index is 1430. The molecule has 7 nitrogen and oxygen atoms in total. The fourth-order valence-corrected chi connectivity index (χ4v) is 5.18. The normalized spacial score (nSPS) is 15.0. The summed E-state index contributed by atoms with van der Waals surface area (Å²) >= 11 is 0. The number of aromatic nitrogens is 2. The number of phenolic OH excluding ortho intramolecular Hbond substituents is 1. The number of hydrogen-bond acceptors (Lipinski definition) is 5. The summed E-state index contributed by atoms with van der Waals surface area (Å²) in [5.74, 6) is 0.975. The van der Waals surface area contributed by atoms with Crippen LogP contribution >= 0.6 is 0 Å². The number of aliphatic hydroxyl groups is 1.